The van der Waals surface area contributed by atoms with E-state index in [9.17, 15) is 4.79 Å². The molecule has 1 saturated heterocycles. The zero-order valence-corrected chi connectivity index (χ0v) is 17.1. The van der Waals surface area contributed by atoms with Crippen LogP contribution in [0.15, 0.2) is 54.9 Å². The third kappa shape index (κ3) is 5.01. The van der Waals surface area contributed by atoms with Gasteiger partial charge in [-0.2, -0.15) is 0 Å². The van der Waals surface area contributed by atoms with Gasteiger partial charge in [0.25, 0.3) is 0 Å². The number of hydrogen-bond donors (Lipinski definition) is 1. The van der Waals surface area contributed by atoms with E-state index < -0.39 is 0 Å². The minimum atomic E-state index is 0.0185. The number of carbonyl (C=O) groups excluding carboxylic acids is 1. The molecule has 8 heteroatoms. The molecule has 1 N–H and O–H groups in total. The molecule has 1 aliphatic heterocycles. The van der Waals surface area contributed by atoms with Crippen LogP contribution in [0.25, 0.3) is 5.69 Å². The Bertz CT molecular complexity index is 953. The molecule has 2 heterocycles. The number of amides is 1. The Morgan fingerprint density at radius 2 is 1.97 bits per heavy atom. The lowest BCUT2D eigenvalue weighted by molar-refractivity contribution is -0.117. The zero-order valence-electron chi connectivity index (χ0n) is 17.1. The van der Waals surface area contributed by atoms with Crippen LogP contribution >= 0.6 is 0 Å². The first-order valence-corrected chi connectivity index (χ1v) is 10.2. The highest BCUT2D eigenvalue weighted by molar-refractivity contribution is 5.92. The summed E-state index contributed by atoms with van der Waals surface area (Å²) in [6.45, 7) is 3.03. The number of ether oxygens (including phenoxy) is 1. The number of tetrazole rings is 1. The first-order valence-electron chi connectivity index (χ1n) is 10.2. The molecule has 0 bridgehead atoms. The monoisotopic (exact) mass is 406 g/mol. The van der Waals surface area contributed by atoms with Crippen LogP contribution < -0.4 is 10.1 Å². The molecule has 1 fully saturated rings. The van der Waals surface area contributed by atoms with Gasteiger partial charge in [0.1, 0.15) is 12.1 Å². The molecule has 8 nitrogen and oxygen atoms in total. The molecule has 4 rings (SSSR count). The van der Waals surface area contributed by atoms with Gasteiger partial charge in [0.2, 0.25) is 5.91 Å². The second-order valence-electron chi connectivity index (χ2n) is 7.60. The highest BCUT2D eigenvalue weighted by Gasteiger charge is 2.22. The quantitative estimate of drug-likeness (QED) is 0.649. The number of aromatic nitrogens is 4. The highest BCUT2D eigenvalue weighted by atomic mass is 16.5. The number of likely N-dealkylation sites (tertiary alicyclic amines) is 1. The predicted molar refractivity (Wildman–Crippen MR) is 113 cm³/mol. The van der Waals surface area contributed by atoms with Crippen LogP contribution in [0.5, 0.6) is 5.75 Å². The van der Waals surface area contributed by atoms with Crippen molar-refractivity contribution < 1.29 is 9.53 Å². The molecule has 1 amide bonds. The minimum absolute atomic E-state index is 0.0185. The van der Waals surface area contributed by atoms with Crippen LogP contribution in [0.3, 0.4) is 0 Å². The Morgan fingerprint density at radius 3 is 2.67 bits per heavy atom. The topological polar surface area (TPSA) is 85.2 Å². The smallest absolute Gasteiger partial charge is 0.224 e. The van der Waals surface area contributed by atoms with Crippen molar-refractivity contribution in [3.8, 4) is 11.4 Å². The fourth-order valence-corrected chi connectivity index (χ4v) is 3.86. The maximum atomic E-state index is 12.6. The number of anilines is 1. The number of rotatable bonds is 7. The largest absolute Gasteiger partial charge is 0.494 e. The summed E-state index contributed by atoms with van der Waals surface area (Å²) in [5.74, 6) is 1.00. The molecule has 30 heavy (non-hydrogen) atoms. The Kier molecular flexibility index (Phi) is 6.34. The Balaban J connectivity index is 1.29. The minimum Gasteiger partial charge on any atom is -0.494 e. The van der Waals surface area contributed by atoms with E-state index in [1.807, 2.05) is 18.2 Å². The number of hydrogen-bond acceptors (Lipinski definition) is 6. The van der Waals surface area contributed by atoms with E-state index in [-0.39, 0.29) is 5.91 Å². The van der Waals surface area contributed by atoms with Crippen LogP contribution in [0.1, 0.15) is 24.8 Å². The van der Waals surface area contributed by atoms with Gasteiger partial charge in [-0.1, -0.05) is 30.3 Å². The standard InChI is InChI=1S/C22H26N6O2/c1-30-21-14-19(28-16-23-25-26-28)7-8-20(21)24-22(29)13-17-9-11-27(12-10-17)15-18-5-3-2-4-6-18/h2-8,14,16-17H,9-13,15H2,1H3,(H,24,29). The van der Waals surface area contributed by atoms with E-state index in [0.29, 0.717) is 23.8 Å². The molecule has 0 saturated carbocycles. The highest BCUT2D eigenvalue weighted by Crippen LogP contribution is 2.28. The summed E-state index contributed by atoms with van der Waals surface area (Å²) in [5, 5.41) is 14.1. The Labute approximate surface area is 175 Å². The summed E-state index contributed by atoms with van der Waals surface area (Å²) in [6, 6.07) is 16.0. The zero-order chi connectivity index (χ0) is 20.8. The second kappa shape index (κ2) is 9.49. The molecule has 1 aromatic heterocycles. The molecule has 0 spiro atoms. The van der Waals surface area contributed by atoms with Gasteiger partial charge in [-0.25, -0.2) is 4.68 Å². The van der Waals surface area contributed by atoms with Crippen molar-refractivity contribution in [1.29, 1.82) is 0 Å². The summed E-state index contributed by atoms with van der Waals surface area (Å²) in [7, 11) is 1.58. The Morgan fingerprint density at radius 1 is 1.17 bits per heavy atom. The lowest BCUT2D eigenvalue weighted by Crippen LogP contribution is -2.34. The van der Waals surface area contributed by atoms with E-state index in [4.69, 9.17) is 4.74 Å². The van der Waals surface area contributed by atoms with Gasteiger partial charge >= 0.3 is 0 Å². The van der Waals surface area contributed by atoms with Gasteiger partial charge in [-0.3, -0.25) is 9.69 Å². The summed E-state index contributed by atoms with van der Waals surface area (Å²) in [4.78, 5) is 15.1. The van der Waals surface area contributed by atoms with E-state index in [1.165, 1.54) is 16.6 Å². The van der Waals surface area contributed by atoms with Crippen molar-refractivity contribution >= 4 is 11.6 Å². The van der Waals surface area contributed by atoms with Crippen molar-refractivity contribution in [1.82, 2.24) is 25.1 Å². The molecule has 3 aromatic rings. The van der Waals surface area contributed by atoms with Crippen molar-refractivity contribution in [2.45, 2.75) is 25.8 Å². The average molecular weight is 406 g/mol. The molecule has 1 aliphatic rings. The van der Waals surface area contributed by atoms with E-state index in [1.54, 1.807) is 13.2 Å². The SMILES string of the molecule is COc1cc(-n2cnnn2)ccc1NC(=O)CC1CCN(Cc2ccccc2)CC1. The first-order chi connectivity index (χ1) is 14.7. The third-order valence-electron chi connectivity index (χ3n) is 5.50. The summed E-state index contributed by atoms with van der Waals surface area (Å²) in [5.41, 5.74) is 2.76. The normalized spacial score (nSPS) is 15.1. The average Bonchev–Trinajstić information content (AvgIpc) is 3.31. The number of carbonyl (C=O) groups is 1. The van der Waals surface area contributed by atoms with Crippen molar-refractivity contribution in [2.24, 2.45) is 5.92 Å². The molecule has 0 aliphatic carbocycles. The molecule has 0 unspecified atom stereocenters. The fraction of sp³-hybridized carbons (Fsp3) is 0.364. The van der Waals surface area contributed by atoms with Gasteiger partial charge in [-0.05, 0) is 60.0 Å². The number of methoxy groups -OCH3 is 1. The van der Waals surface area contributed by atoms with E-state index in [0.717, 1.165) is 38.2 Å². The van der Waals surface area contributed by atoms with Gasteiger partial charge in [0.05, 0.1) is 18.5 Å². The van der Waals surface area contributed by atoms with Crippen LogP contribution in [-0.4, -0.2) is 51.2 Å². The van der Waals surface area contributed by atoms with Crippen molar-refractivity contribution in [3.05, 3.63) is 60.4 Å². The van der Waals surface area contributed by atoms with Crippen LogP contribution in [-0.2, 0) is 11.3 Å². The second-order valence-corrected chi connectivity index (χ2v) is 7.60. The van der Waals surface area contributed by atoms with Gasteiger partial charge in [0.15, 0.2) is 0 Å². The maximum Gasteiger partial charge on any atom is 0.224 e. The van der Waals surface area contributed by atoms with Gasteiger partial charge in [-0.15, -0.1) is 5.10 Å². The number of piperidine rings is 1. The molecular weight excluding hydrogens is 380 g/mol. The number of benzene rings is 2. The number of nitrogens with zero attached hydrogens (tertiary/aromatic N) is 5. The van der Waals surface area contributed by atoms with E-state index in [2.05, 4.69) is 50.0 Å². The number of nitrogens with one attached hydrogen (secondary N) is 1. The third-order valence-corrected chi connectivity index (χ3v) is 5.50. The maximum absolute atomic E-state index is 12.6. The van der Waals surface area contributed by atoms with Gasteiger partial charge in [0, 0.05) is 19.0 Å². The molecule has 156 valence electrons. The van der Waals surface area contributed by atoms with Crippen LogP contribution in [0.4, 0.5) is 5.69 Å². The Hall–Kier alpha value is -3.26. The van der Waals surface area contributed by atoms with Crippen molar-refractivity contribution in [2.75, 3.05) is 25.5 Å². The summed E-state index contributed by atoms with van der Waals surface area (Å²) in [6.07, 6.45) is 4.11. The van der Waals surface area contributed by atoms with Crippen LogP contribution in [0, 0.1) is 5.92 Å². The lowest BCUT2D eigenvalue weighted by Gasteiger charge is -2.31. The predicted octanol–water partition coefficient (Wildman–Crippen LogP) is 2.91. The molecule has 0 atom stereocenters. The molecule has 2 aromatic carbocycles. The summed E-state index contributed by atoms with van der Waals surface area (Å²) < 4.78 is 6.98. The molecule has 0 radical (unpaired) electrons. The van der Waals surface area contributed by atoms with E-state index >= 15 is 0 Å². The lowest BCUT2D eigenvalue weighted by atomic mass is 9.93. The first kappa shape index (κ1) is 20.0. The summed E-state index contributed by atoms with van der Waals surface area (Å²) >= 11 is 0. The van der Waals surface area contributed by atoms with Crippen molar-refractivity contribution in [3.63, 3.8) is 0 Å². The molecular formula is C22H26N6O2. The van der Waals surface area contributed by atoms with Crippen LogP contribution in [0.2, 0.25) is 0 Å². The van der Waals surface area contributed by atoms with Gasteiger partial charge < -0.3 is 10.1 Å². The fourth-order valence-electron chi connectivity index (χ4n) is 3.86.